The van der Waals surface area contributed by atoms with Crippen LogP contribution in [0.15, 0.2) is 48.5 Å². The van der Waals surface area contributed by atoms with E-state index < -0.39 is 0 Å². The number of carbonyl (C=O) groups is 1. The largest absolute Gasteiger partial charge is 0.338 e. The molecule has 2 N–H and O–H groups in total. The van der Waals surface area contributed by atoms with Crippen LogP contribution in [0.1, 0.15) is 37.0 Å². The zero-order chi connectivity index (χ0) is 21.7. The van der Waals surface area contributed by atoms with Gasteiger partial charge < -0.3 is 19.8 Å². The van der Waals surface area contributed by atoms with Gasteiger partial charge in [0.05, 0.1) is 16.7 Å². The van der Waals surface area contributed by atoms with E-state index in [0.717, 1.165) is 41.9 Å². The molecule has 1 aliphatic heterocycles. The predicted octanol–water partition coefficient (Wildman–Crippen LogP) is 4.59. The number of para-hydroxylation sites is 1. The van der Waals surface area contributed by atoms with Gasteiger partial charge in [0.1, 0.15) is 0 Å². The first kappa shape index (κ1) is 22.4. The van der Waals surface area contributed by atoms with Crippen LogP contribution in [-0.4, -0.2) is 43.6 Å². The van der Waals surface area contributed by atoms with Gasteiger partial charge in [-0.05, 0) is 57.0 Å². The normalized spacial score (nSPS) is 18.8. The van der Waals surface area contributed by atoms with Gasteiger partial charge in [-0.25, -0.2) is 4.98 Å². The number of nitrogens with zero attached hydrogens (tertiary/aromatic N) is 4. The number of aryl methyl sites for hydroxylation is 2. The summed E-state index contributed by atoms with van der Waals surface area (Å²) in [5.74, 6) is 0.949. The Hall–Kier alpha value is -2.83. The van der Waals surface area contributed by atoms with Crippen molar-refractivity contribution < 1.29 is 4.79 Å². The number of amides is 1. The number of hydrogen-bond acceptors (Lipinski definition) is 3. The van der Waals surface area contributed by atoms with Crippen molar-refractivity contribution in [3.8, 4) is 11.5 Å². The summed E-state index contributed by atoms with van der Waals surface area (Å²) in [7, 11) is 2.04. The Morgan fingerprint density at radius 2 is 1.91 bits per heavy atom. The summed E-state index contributed by atoms with van der Waals surface area (Å²) < 4.78 is 4.41. The molecule has 0 radical (unpaired) electrons. The molecular weight excluding hydrogens is 422 g/mol. The third-order valence-electron chi connectivity index (χ3n) is 6.66. The molecule has 7 heteroatoms. The van der Waals surface area contributed by atoms with Crippen LogP contribution in [0.4, 0.5) is 0 Å². The lowest BCUT2D eigenvalue weighted by Gasteiger charge is -2.36. The Morgan fingerprint density at radius 1 is 1.12 bits per heavy atom. The van der Waals surface area contributed by atoms with Crippen LogP contribution in [0, 0.1) is 0 Å². The molecule has 2 aromatic heterocycles. The quantitative estimate of drug-likeness (QED) is 0.495. The van der Waals surface area contributed by atoms with E-state index in [1.54, 1.807) is 0 Å². The molecule has 168 valence electrons. The predicted molar refractivity (Wildman–Crippen MR) is 132 cm³/mol. The number of rotatable bonds is 3. The molecule has 0 saturated carbocycles. The van der Waals surface area contributed by atoms with E-state index in [4.69, 9.17) is 10.7 Å². The molecule has 32 heavy (non-hydrogen) atoms. The standard InChI is InChI=1S/C25H29N5O.ClH/c1-4-29-21-8-6-5-7-17(21)14-23(29)24-27-20-13-18(10-12-22(20)28(24)3)25(31)30-15-19(26)11-9-16(30)2;/h5-8,10,12-14,16,19H,4,9,11,15,26H2,1-3H3;1H/t16-,19+;/m0./s1. The molecule has 3 heterocycles. The summed E-state index contributed by atoms with van der Waals surface area (Å²) in [6, 6.07) is 16.7. The fourth-order valence-corrected chi connectivity index (χ4v) is 4.88. The van der Waals surface area contributed by atoms with Crippen molar-refractivity contribution >= 4 is 40.3 Å². The van der Waals surface area contributed by atoms with Crippen LogP contribution < -0.4 is 5.73 Å². The molecule has 2 aromatic carbocycles. The Morgan fingerprint density at radius 3 is 2.69 bits per heavy atom. The maximum Gasteiger partial charge on any atom is 0.254 e. The molecule has 2 atom stereocenters. The van der Waals surface area contributed by atoms with Gasteiger partial charge in [-0.2, -0.15) is 0 Å². The molecule has 0 spiro atoms. The highest BCUT2D eigenvalue weighted by molar-refractivity contribution is 5.98. The van der Waals surface area contributed by atoms with Crippen LogP contribution in [-0.2, 0) is 13.6 Å². The lowest BCUT2D eigenvalue weighted by atomic mass is 9.99. The van der Waals surface area contributed by atoms with Crippen molar-refractivity contribution in [3.05, 3.63) is 54.1 Å². The molecular formula is C25H30ClN5O. The van der Waals surface area contributed by atoms with E-state index in [1.807, 2.05) is 30.1 Å². The Labute approximate surface area is 194 Å². The zero-order valence-corrected chi connectivity index (χ0v) is 19.6. The van der Waals surface area contributed by atoms with Crippen LogP contribution in [0.5, 0.6) is 0 Å². The van der Waals surface area contributed by atoms with Gasteiger partial charge in [0.2, 0.25) is 0 Å². The Kier molecular flexibility index (Phi) is 6.01. The minimum absolute atomic E-state index is 0. The summed E-state index contributed by atoms with van der Waals surface area (Å²) in [5.41, 5.74) is 11.0. The van der Waals surface area contributed by atoms with Crippen LogP contribution in [0.25, 0.3) is 33.5 Å². The Balaban J connectivity index is 0.00000245. The van der Waals surface area contributed by atoms with Gasteiger partial charge in [0.15, 0.2) is 5.82 Å². The highest BCUT2D eigenvalue weighted by Gasteiger charge is 2.28. The van der Waals surface area contributed by atoms with Crippen molar-refractivity contribution in [1.82, 2.24) is 19.0 Å². The fourth-order valence-electron chi connectivity index (χ4n) is 4.88. The van der Waals surface area contributed by atoms with E-state index in [9.17, 15) is 4.79 Å². The highest BCUT2D eigenvalue weighted by atomic mass is 35.5. The SMILES string of the molecule is CCn1c(-c2nc3cc(C(=O)N4C[C@H](N)CC[C@@H]4C)ccc3n2C)cc2ccccc21.Cl. The number of carbonyl (C=O) groups excluding carboxylic acids is 1. The average Bonchev–Trinajstić information content (AvgIpc) is 3.31. The maximum absolute atomic E-state index is 13.2. The van der Waals surface area contributed by atoms with Gasteiger partial charge in [-0.3, -0.25) is 4.79 Å². The summed E-state index contributed by atoms with van der Waals surface area (Å²) >= 11 is 0. The minimum Gasteiger partial charge on any atom is -0.338 e. The lowest BCUT2D eigenvalue weighted by Crippen LogP contribution is -2.50. The minimum atomic E-state index is 0. The molecule has 1 fully saturated rings. The van der Waals surface area contributed by atoms with Gasteiger partial charge >= 0.3 is 0 Å². The average molecular weight is 452 g/mol. The number of imidazole rings is 1. The molecule has 0 aliphatic carbocycles. The van der Waals surface area contributed by atoms with Gasteiger partial charge in [0.25, 0.3) is 5.91 Å². The Bertz CT molecular complexity index is 1290. The van der Waals surface area contributed by atoms with Crippen LogP contribution in [0.2, 0.25) is 0 Å². The number of nitrogens with two attached hydrogens (primary N) is 1. The van der Waals surface area contributed by atoms with Crippen LogP contribution in [0.3, 0.4) is 0 Å². The molecule has 5 rings (SSSR count). The van der Waals surface area contributed by atoms with Crippen molar-refractivity contribution in [3.63, 3.8) is 0 Å². The second-order valence-electron chi connectivity index (χ2n) is 8.67. The molecule has 1 amide bonds. The van der Waals surface area contributed by atoms with E-state index >= 15 is 0 Å². The fraction of sp³-hybridized carbons (Fsp3) is 0.360. The topological polar surface area (TPSA) is 69.1 Å². The monoisotopic (exact) mass is 451 g/mol. The van der Waals surface area contributed by atoms with E-state index in [0.29, 0.717) is 12.1 Å². The van der Waals surface area contributed by atoms with E-state index in [-0.39, 0.29) is 30.4 Å². The molecule has 4 aromatic rings. The summed E-state index contributed by atoms with van der Waals surface area (Å²) in [5, 5.41) is 1.21. The number of likely N-dealkylation sites (tertiary alicyclic amines) is 1. The first-order valence-electron chi connectivity index (χ1n) is 11.1. The van der Waals surface area contributed by atoms with Gasteiger partial charge in [0, 0.05) is 48.7 Å². The maximum atomic E-state index is 13.2. The molecule has 6 nitrogen and oxygen atoms in total. The van der Waals surface area contributed by atoms with E-state index in [2.05, 4.69) is 53.3 Å². The highest BCUT2D eigenvalue weighted by Crippen LogP contribution is 2.30. The second kappa shape index (κ2) is 8.60. The third kappa shape index (κ3) is 3.57. The molecule has 1 saturated heterocycles. The first-order chi connectivity index (χ1) is 15.0. The summed E-state index contributed by atoms with van der Waals surface area (Å²) in [6.07, 6.45) is 1.92. The van der Waals surface area contributed by atoms with Crippen molar-refractivity contribution in [1.29, 1.82) is 0 Å². The summed E-state index contributed by atoms with van der Waals surface area (Å²) in [4.78, 5) is 20.1. The van der Waals surface area contributed by atoms with Crippen molar-refractivity contribution in [2.24, 2.45) is 12.8 Å². The van der Waals surface area contributed by atoms with Crippen molar-refractivity contribution in [2.45, 2.75) is 45.3 Å². The molecule has 0 unspecified atom stereocenters. The molecule has 0 bridgehead atoms. The first-order valence-corrected chi connectivity index (χ1v) is 11.1. The third-order valence-corrected chi connectivity index (χ3v) is 6.66. The van der Waals surface area contributed by atoms with E-state index in [1.165, 1.54) is 10.9 Å². The summed E-state index contributed by atoms with van der Waals surface area (Å²) in [6.45, 7) is 5.73. The number of aromatic nitrogens is 3. The molecule has 1 aliphatic rings. The number of halogens is 1. The lowest BCUT2D eigenvalue weighted by molar-refractivity contribution is 0.0613. The van der Waals surface area contributed by atoms with Gasteiger partial charge in [-0.15, -0.1) is 12.4 Å². The number of fused-ring (bicyclic) bond motifs is 2. The number of hydrogen-bond donors (Lipinski definition) is 1. The smallest absolute Gasteiger partial charge is 0.254 e. The zero-order valence-electron chi connectivity index (χ0n) is 18.8. The van der Waals surface area contributed by atoms with Crippen molar-refractivity contribution in [2.75, 3.05) is 6.54 Å². The second-order valence-corrected chi connectivity index (χ2v) is 8.67. The van der Waals surface area contributed by atoms with Gasteiger partial charge in [-0.1, -0.05) is 18.2 Å². The van der Waals surface area contributed by atoms with Crippen LogP contribution >= 0.6 is 12.4 Å². The number of piperidine rings is 1. The number of benzene rings is 2.